The zero-order valence-electron chi connectivity index (χ0n) is 15.5. The zero-order valence-corrected chi connectivity index (χ0v) is 15.5. The minimum absolute atomic E-state index is 0.115. The highest BCUT2D eigenvalue weighted by molar-refractivity contribution is 5.66. The van der Waals surface area contributed by atoms with E-state index in [1.807, 2.05) is 52.3 Å². The van der Waals surface area contributed by atoms with Gasteiger partial charge < -0.3 is 19.1 Å². The van der Waals surface area contributed by atoms with E-state index >= 15 is 0 Å². The normalized spacial score (nSPS) is 11.1. The molecule has 0 saturated carbocycles. The molecular weight excluding hydrogens is 358 g/mol. The van der Waals surface area contributed by atoms with Crippen LogP contribution in [0.3, 0.4) is 0 Å². The largest absolute Gasteiger partial charge is 0.494 e. The first-order valence-corrected chi connectivity index (χ1v) is 9.14. The third kappa shape index (κ3) is 3.67. The molecule has 0 saturated heterocycles. The molecule has 1 aromatic carbocycles. The van der Waals surface area contributed by atoms with E-state index in [4.69, 9.17) is 14.6 Å². The molecule has 0 radical (unpaired) electrons. The van der Waals surface area contributed by atoms with E-state index in [2.05, 4.69) is 15.2 Å². The Bertz CT molecular complexity index is 1060. The number of ether oxygens (including phenoxy) is 2. The number of pyridine rings is 1. The van der Waals surface area contributed by atoms with Gasteiger partial charge in [-0.1, -0.05) is 0 Å². The van der Waals surface area contributed by atoms with Crippen LogP contribution in [-0.4, -0.2) is 42.5 Å². The Labute approximate surface area is 162 Å². The SMILES string of the molecule is CCn1cnnc1-c1cc(Oc2ccc(OCCCO)cc2)n2cncc2c1. The Balaban J connectivity index is 1.62. The van der Waals surface area contributed by atoms with Crippen LogP contribution in [0.1, 0.15) is 13.3 Å². The zero-order chi connectivity index (χ0) is 19.3. The van der Waals surface area contributed by atoms with Crippen molar-refractivity contribution in [2.24, 2.45) is 0 Å². The van der Waals surface area contributed by atoms with E-state index in [0.29, 0.717) is 24.7 Å². The second-order valence-corrected chi connectivity index (χ2v) is 6.21. The van der Waals surface area contributed by atoms with Gasteiger partial charge in [-0.3, -0.25) is 4.40 Å². The molecule has 0 unspecified atom stereocenters. The third-order valence-electron chi connectivity index (χ3n) is 4.32. The van der Waals surface area contributed by atoms with Gasteiger partial charge in [-0.05, 0) is 37.3 Å². The lowest BCUT2D eigenvalue weighted by atomic mass is 10.2. The van der Waals surface area contributed by atoms with E-state index in [9.17, 15) is 0 Å². The summed E-state index contributed by atoms with van der Waals surface area (Å²) < 4.78 is 15.5. The lowest BCUT2D eigenvalue weighted by Gasteiger charge is -2.12. The molecule has 8 nitrogen and oxygen atoms in total. The number of rotatable bonds is 8. The minimum Gasteiger partial charge on any atom is -0.494 e. The fraction of sp³-hybridized carbons (Fsp3) is 0.250. The quantitative estimate of drug-likeness (QED) is 0.473. The second-order valence-electron chi connectivity index (χ2n) is 6.21. The maximum Gasteiger partial charge on any atom is 0.206 e. The predicted molar refractivity (Wildman–Crippen MR) is 104 cm³/mol. The number of imidazole rings is 1. The smallest absolute Gasteiger partial charge is 0.206 e. The van der Waals surface area contributed by atoms with Crippen LogP contribution in [0, 0.1) is 0 Å². The van der Waals surface area contributed by atoms with Gasteiger partial charge in [0.2, 0.25) is 5.88 Å². The molecule has 0 amide bonds. The van der Waals surface area contributed by atoms with Crippen molar-refractivity contribution in [2.75, 3.05) is 13.2 Å². The van der Waals surface area contributed by atoms with E-state index in [1.165, 1.54) is 0 Å². The van der Waals surface area contributed by atoms with Crippen LogP contribution < -0.4 is 9.47 Å². The van der Waals surface area contributed by atoms with Crippen molar-refractivity contribution in [1.82, 2.24) is 24.1 Å². The summed E-state index contributed by atoms with van der Waals surface area (Å²) in [5.74, 6) is 2.82. The van der Waals surface area contributed by atoms with Crippen LogP contribution in [0.4, 0.5) is 0 Å². The summed E-state index contributed by atoms with van der Waals surface area (Å²) in [5.41, 5.74) is 1.81. The molecule has 0 aliphatic carbocycles. The molecule has 8 heteroatoms. The van der Waals surface area contributed by atoms with Gasteiger partial charge in [0.15, 0.2) is 5.82 Å². The molecule has 144 valence electrons. The molecule has 4 rings (SSSR count). The van der Waals surface area contributed by atoms with E-state index in [1.54, 1.807) is 18.9 Å². The molecule has 3 aromatic heterocycles. The molecule has 0 bridgehead atoms. The van der Waals surface area contributed by atoms with E-state index in [-0.39, 0.29) is 6.61 Å². The molecule has 4 aromatic rings. The molecule has 0 spiro atoms. The number of fused-ring (bicyclic) bond motifs is 1. The summed E-state index contributed by atoms with van der Waals surface area (Å²) in [4.78, 5) is 4.22. The van der Waals surface area contributed by atoms with Crippen molar-refractivity contribution < 1.29 is 14.6 Å². The van der Waals surface area contributed by atoms with Gasteiger partial charge in [-0.2, -0.15) is 0 Å². The Kier molecular flexibility index (Phi) is 5.20. The topological polar surface area (TPSA) is 86.7 Å². The highest BCUT2D eigenvalue weighted by atomic mass is 16.5. The van der Waals surface area contributed by atoms with E-state index in [0.717, 1.165) is 29.2 Å². The van der Waals surface area contributed by atoms with Crippen LogP contribution >= 0.6 is 0 Å². The summed E-state index contributed by atoms with van der Waals surface area (Å²) in [6, 6.07) is 11.3. The third-order valence-corrected chi connectivity index (χ3v) is 4.32. The number of benzene rings is 1. The van der Waals surface area contributed by atoms with Crippen molar-refractivity contribution in [3.05, 3.63) is 55.2 Å². The summed E-state index contributed by atoms with van der Waals surface area (Å²) in [6.07, 6.45) is 5.81. The predicted octanol–water partition coefficient (Wildman–Crippen LogP) is 3.17. The molecule has 0 fully saturated rings. The minimum atomic E-state index is 0.115. The van der Waals surface area contributed by atoms with Crippen LogP contribution in [0.25, 0.3) is 16.9 Å². The lowest BCUT2D eigenvalue weighted by molar-refractivity contribution is 0.233. The number of aromatic nitrogens is 5. The summed E-state index contributed by atoms with van der Waals surface area (Å²) in [5, 5.41) is 17.1. The van der Waals surface area contributed by atoms with Crippen molar-refractivity contribution in [3.63, 3.8) is 0 Å². The lowest BCUT2D eigenvalue weighted by Crippen LogP contribution is -2.00. The van der Waals surface area contributed by atoms with Gasteiger partial charge in [-0.15, -0.1) is 10.2 Å². The fourth-order valence-electron chi connectivity index (χ4n) is 2.90. The first-order valence-electron chi connectivity index (χ1n) is 9.14. The van der Waals surface area contributed by atoms with Crippen LogP contribution in [0.2, 0.25) is 0 Å². The monoisotopic (exact) mass is 379 g/mol. The van der Waals surface area contributed by atoms with Crippen molar-refractivity contribution in [3.8, 4) is 28.8 Å². The molecule has 1 N–H and O–H groups in total. The first-order chi connectivity index (χ1) is 13.8. The number of hydrogen-bond donors (Lipinski definition) is 1. The van der Waals surface area contributed by atoms with Crippen LogP contribution in [0.15, 0.2) is 55.2 Å². The number of hydrogen-bond acceptors (Lipinski definition) is 6. The van der Waals surface area contributed by atoms with Crippen molar-refractivity contribution >= 4 is 5.52 Å². The molecule has 0 aliphatic heterocycles. The van der Waals surface area contributed by atoms with Gasteiger partial charge >= 0.3 is 0 Å². The molecule has 0 aliphatic rings. The van der Waals surface area contributed by atoms with Gasteiger partial charge in [0.25, 0.3) is 0 Å². The molecule has 3 heterocycles. The molecular formula is C20H21N5O3. The Morgan fingerprint density at radius 3 is 2.68 bits per heavy atom. The highest BCUT2D eigenvalue weighted by Gasteiger charge is 2.12. The average Bonchev–Trinajstić information content (AvgIpc) is 3.38. The number of aryl methyl sites for hydroxylation is 1. The maximum atomic E-state index is 8.83. The molecule has 0 atom stereocenters. The van der Waals surface area contributed by atoms with Gasteiger partial charge in [0.1, 0.15) is 24.2 Å². The Hall–Kier alpha value is -3.39. The van der Waals surface area contributed by atoms with Gasteiger partial charge in [0, 0.05) is 31.2 Å². The second kappa shape index (κ2) is 8.10. The standard InChI is InChI=1S/C20H21N5O3/c1-2-24-14-22-23-20(24)15-10-16-12-21-13-25(16)19(11-15)28-18-6-4-17(5-7-18)27-9-3-8-26/h4-7,10-14,26H,2-3,8-9H2,1H3. The van der Waals surface area contributed by atoms with Crippen LogP contribution in [0.5, 0.6) is 17.4 Å². The number of aliphatic hydroxyl groups excluding tert-OH is 1. The Morgan fingerprint density at radius 1 is 1.07 bits per heavy atom. The number of aliphatic hydroxyl groups is 1. The Morgan fingerprint density at radius 2 is 1.89 bits per heavy atom. The average molecular weight is 379 g/mol. The summed E-state index contributed by atoms with van der Waals surface area (Å²) in [6.45, 7) is 3.42. The fourth-order valence-corrected chi connectivity index (χ4v) is 2.90. The van der Waals surface area contributed by atoms with Crippen molar-refractivity contribution in [2.45, 2.75) is 19.9 Å². The molecule has 28 heavy (non-hydrogen) atoms. The summed E-state index contributed by atoms with van der Waals surface area (Å²) >= 11 is 0. The highest BCUT2D eigenvalue weighted by Crippen LogP contribution is 2.29. The maximum absolute atomic E-state index is 8.83. The number of nitrogens with zero attached hydrogens (tertiary/aromatic N) is 5. The van der Waals surface area contributed by atoms with Gasteiger partial charge in [-0.25, -0.2) is 4.98 Å². The van der Waals surface area contributed by atoms with E-state index < -0.39 is 0 Å². The van der Waals surface area contributed by atoms with Crippen molar-refractivity contribution in [1.29, 1.82) is 0 Å². The summed E-state index contributed by atoms with van der Waals surface area (Å²) in [7, 11) is 0. The first kappa shape index (κ1) is 18.0. The van der Waals surface area contributed by atoms with Gasteiger partial charge in [0.05, 0.1) is 18.3 Å². The van der Waals surface area contributed by atoms with Crippen LogP contribution in [-0.2, 0) is 6.54 Å².